The molecule has 0 saturated heterocycles. The molecule has 4 aliphatic rings. The van der Waals surface area contributed by atoms with Gasteiger partial charge in [0.25, 0.3) is 0 Å². The molecule has 3 saturated carbocycles. The average Bonchev–Trinajstić information content (AvgIpc) is 3.26. The van der Waals surface area contributed by atoms with Gasteiger partial charge in [0.15, 0.2) is 0 Å². The zero-order valence-corrected chi connectivity index (χ0v) is 25.2. The number of hydrogen-bond acceptors (Lipinski definition) is 3. The van der Waals surface area contributed by atoms with Crippen molar-refractivity contribution in [1.29, 1.82) is 0 Å². The van der Waals surface area contributed by atoms with Crippen LogP contribution in [0.5, 0.6) is 5.75 Å². The van der Waals surface area contributed by atoms with Crippen molar-refractivity contribution in [2.24, 2.45) is 46.3 Å². The van der Waals surface area contributed by atoms with Crippen LogP contribution in [0.1, 0.15) is 111 Å². The zero-order valence-electron chi connectivity index (χ0n) is 25.2. The van der Waals surface area contributed by atoms with E-state index in [0.29, 0.717) is 11.2 Å². The van der Waals surface area contributed by atoms with Crippen molar-refractivity contribution >= 4 is 12.2 Å². The van der Waals surface area contributed by atoms with Crippen LogP contribution in [0, 0.1) is 46.3 Å². The first-order valence-corrected chi connectivity index (χ1v) is 15.9. The van der Waals surface area contributed by atoms with Crippen LogP contribution in [0.3, 0.4) is 0 Å². The summed E-state index contributed by atoms with van der Waals surface area (Å²) in [6, 6.07) is 7.36. The number of benzene rings is 1. The lowest BCUT2D eigenvalue weighted by Crippen LogP contribution is -2.51. The summed E-state index contributed by atoms with van der Waals surface area (Å²) in [5.74, 6) is 5.57. The Morgan fingerprint density at radius 3 is 2.51 bits per heavy atom. The van der Waals surface area contributed by atoms with Crippen molar-refractivity contribution < 1.29 is 14.3 Å². The number of fused-ring (bicyclic) bond motifs is 5. The first-order valence-electron chi connectivity index (χ1n) is 15.9. The first-order chi connectivity index (χ1) is 18.6. The van der Waals surface area contributed by atoms with E-state index in [9.17, 15) is 4.79 Å². The Kier molecular flexibility index (Phi) is 8.37. The highest BCUT2D eigenvalue weighted by Gasteiger charge is 2.59. The third-order valence-electron chi connectivity index (χ3n) is 11.8. The second-order valence-corrected chi connectivity index (χ2v) is 14.4. The molecule has 3 fully saturated rings. The Bertz CT molecular complexity index is 1050. The Balaban J connectivity index is 1.21. The lowest BCUT2D eigenvalue weighted by molar-refractivity contribution is -0.0597. The van der Waals surface area contributed by atoms with E-state index >= 15 is 0 Å². The van der Waals surface area contributed by atoms with Crippen LogP contribution in [-0.4, -0.2) is 12.3 Å². The van der Waals surface area contributed by atoms with Crippen LogP contribution in [0.4, 0.5) is 4.79 Å². The van der Waals surface area contributed by atoms with Gasteiger partial charge in [-0.15, -0.1) is 0 Å². The Morgan fingerprint density at radius 1 is 1.03 bits per heavy atom. The fourth-order valence-corrected chi connectivity index (χ4v) is 9.68. The third-order valence-corrected chi connectivity index (χ3v) is 11.8. The fourth-order valence-electron chi connectivity index (χ4n) is 9.68. The summed E-state index contributed by atoms with van der Waals surface area (Å²) in [5.41, 5.74) is 3.32. The SMILES string of the molecule is C=Cc1ccc(OC(=O)OC2CC[C@@]3(C)C(=CC[C@H]4[C@@H]5CC[C@H]([C@H](C)CCCC(C)C)[C@@]5(C)CC[C@@H]43)C2)cc1. The quantitative estimate of drug-likeness (QED) is 0.190. The highest BCUT2D eigenvalue weighted by Crippen LogP contribution is 2.67. The predicted molar refractivity (Wildman–Crippen MR) is 160 cm³/mol. The van der Waals surface area contributed by atoms with Gasteiger partial charge in [0.2, 0.25) is 0 Å². The molecule has 1 aromatic rings. The normalized spacial score (nSPS) is 36.3. The van der Waals surface area contributed by atoms with Crippen molar-refractivity contribution in [3.05, 3.63) is 48.1 Å². The maximum atomic E-state index is 12.6. The first kappa shape index (κ1) is 28.5. The van der Waals surface area contributed by atoms with Crippen LogP contribution >= 0.6 is 0 Å². The molecule has 1 unspecified atom stereocenters. The standard InChI is InChI=1S/C36H52O3/c1-7-26-11-14-28(15-12-26)38-34(37)39-29-19-21-35(5)27(23-29)13-16-30-32-18-17-31(25(4)10-8-9-24(2)3)36(32,6)22-20-33(30)35/h7,11-15,24-25,29-33H,1,8-10,16-23H2,2-6H3/t25-,29?,30+,31-,32+,33+,35+,36-/m1/s1. The number of carbonyl (C=O) groups excluding carboxylic acids is 1. The van der Waals surface area contributed by atoms with E-state index in [1.807, 2.05) is 12.1 Å². The molecule has 3 nitrogen and oxygen atoms in total. The van der Waals surface area contributed by atoms with Gasteiger partial charge in [0.1, 0.15) is 11.9 Å². The molecule has 0 aliphatic heterocycles. The van der Waals surface area contributed by atoms with E-state index in [4.69, 9.17) is 9.47 Å². The molecule has 0 N–H and O–H groups in total. The van der Waals surface area contributed by atoms with Gasteiger partial charge in [-0.1, -0.05) is 90.3 Å². The molecule has 8 atom stereocenters. The maximum Gasteiger partial charge on any atom is 0.514 e. The fraction of sp³-hybridized carbons (Fsp3) is 0.694. The molecule has 4 aliphatic carbocycles. The van der Waals surface area contributed by atoms with Gasteiger partial charge in [-0.25, -0.2) is 4.79 Å². The highest BCUT2D eigenvalue weighted by atomic mass is 16.7. The van der Waals surface area contributed by atoms with Gasteiger partial charge < -0.3 is 9.47 Å². The highest BCUT2D eigenvalue weighted by molar-refractivity contribution is 5.64. The lowest BCUT2D eigenvalue weighted by Gasteiger charge is -2.58. The van der Waals surface area contributed by atoms with E-state index < -0.39 is 6.16 Å². The van der Waals surface area contributed by atoms with E-state index in [-0.39, 0.29) is 11.5 Å². The molecule has 1 aromatic carbocycles. The number of carbonyl (C=O) groups is 1. The Morgan fingerprint density at radius 2 is 1.79 bits per heavy atom. The molecule has 214 valence electrons. The summed E-state index contributed by atoms with van der Waals surface area (Å²) >= 11 is 0. The van der Waals surface area contributed by atoms with Crippen LogP contribution < -0.4 is 4.74 Å². The topological polar surface area (TPSA) is 35.5 Å². The van der Waals surface area contributed by atoms with E-state index in [1.54, 1.807) is 23.8 Å². The Labute approximate surface area is 237 Å². The zero-order chi connectivity index (χ0) is 27.8. The van der Waals surface area contributed by atoms with E-state index in [0.717, 1.165) is 60.3 Å². The molecule has 3 heteroatoms. The number of allylic oxidation sites excluding steroid dienone is 1. The monoisotopic (exact) mass is 532 g/mol. The summed E-state index contributed by atoms with van der Waals surface area (Å²) in [5, 5.41) is 0. The molecule has 0 amide bonds. The summed E-state index contributed by atoms with van der Waals surface area (Å²) in [6.07, 6.45) is 17.6. The molecule has 0 aromatic heterocycles. The van der Waals surface area contributed by atoms with Crippen LogP contribution in [0.2, 0.25) is 0 Å². The van der Waals surface area contributed by atoms with Gasteiger partial charge in [0.05, 0.1) is 0 Å². The van der Waals surface area contributed by atoms with Gasteiger partial charge >= 0.3 is 6.16 Å². The molecule has 5 rings (SSSR count). The van der Waals surface area contributed by atoms with Crippen molar-refractivity contribution in [3.63, 3.8) is 0 Å². The number of hydrogen-bond donors (Lipinski definition) is 0. The molecule has 39 heavy (non-hydrogen) atoms. The largest absolute Gasteiger partial charge is 0.514 e. The number of ether oxygens (including phenoxy) is 2. The van der Waals surface area contributed by atoms with Gasteiger partial charge in [-0.2, -0.15) is 0 Å². The Hall–Kier alpha value is -2.03. The summed E-state index contributed by atoms with van der Waals surface area (Å²) in [7, 11) is 0. The predicted octanol–water partition coefficient (Wildman–Crippen LogP) is 10.3. The minimum atomic E-state index is -0.586. The smallest absolute Gasteiger partial charge is 0.430 e. The second kappa shape index (κ2) is 11.5. The molecule has 0 heterocycles. The van der Waals surface area contributed by atoms with Gasteiger partial charge in [-0.05, 0) is 109 Å². The molecular formula is C36H52O3. The van der Waals surface area contributed by atoms with Crippen LogP contribution in [-0.2, 0) is 4.74 Å². The van der Waals surface area contributed by atoms with Crippen molar-refractivity contribution in [2.45, 2.75) is 111 Å². The van der Waals surface area contributed by atoms with Crippen LogP contribution in [0.25, 0.3) is 6.08 Å². The number of rotatable bonds is 8. The van der Waals surface area contributed by atoms with Gasteiger partial charge in [-0.3, -0.25) is 0 Å². The summed E-state index contributed by atoms with van der Waals surface area (Å²) in [4.78, 5) is 12.6. The van der Waals surface area contributed by atoms with Gasteiger partial charge in [0, 0.05) is 6.42 Å². The molecule has 0 radical (unpaired) electrons. The molecular weight excluding hydrogens is 480 g/mol. The van der Waals surface area contributed by atoms with E-state index in [2.05, 4.69) is 47.3 Å². The molecule has 0 bridgehead atoms. The van der Waals surface area contributed by atoms with Crippen molar-refractivity contribution in [2.75, 3.05) is 0 Å². The minimum Gasteiger partial charge on any atom is -0.430 e. The van der Waals surface area contributed by atoms with Crippen molar-refractivity contribution in [3.8, 4) is 5.75 Å². The van der Waals surface area contributed by atoms with Crippen molar-refractivity contribution in [1.82, 2.24) is 0 Å². The summed E-state index contributed by atoms with van der Waals surface area (Å²) < 4.78 is 11.3. The van der Waals surface area contributed by atoms with Crippen LogP contribution in [0.15, 0.2) is 42.5 Å². The lowest BCUT2D eigenvalue weighted by atomic mass is 9.47. The second-order valence-electron chi connectivity index (χ2n) is 14.4. The minimum absolute atomic E-state index is 0.0859. The molecule has 0 spiro atoms. The maximum absolute atomic E-state index is 12.6. The van der Waals surface area contributed by atoms with E-state index in [1.165, 1.54) is 51.4 Å². The third kappa shape index (κ3) is 5.62. The average molecular weight is 533 g/mol. The summed E-state index contributed by atoms with van der Waals surface area (Å²) in [6.45, 7) is 16.3.